The van der Waals surface area contributed by atoms with Crippen LogP contribution in [0.15, 0.2) is 36.0 Å². The minimum Gasteiger partial charge on any atom is -0.358 e. The van der Waals surface area contributed by atoms with Crippen LogP contribution < -0.4 is 5.32 Å². The van der Waals surface area contributed by atoms with E-state index in [1.54, 1.807) is 11.6 Å². The summed E-state index contributed by atoms with van der Waals surface area (Å²) in [5, 5.41) is 24.1. The first-order chi connectivity index (χ1) is 10.7. The van der Waals surface area contributed by atoms with Gasteiger partial charge in [0, 0.05) is 11.6 Å². The van der Waals surface area contributed by atoms with E-state index < -0.39 is 4.92 Å². The molecule has 0 aromatic carbocycles. The lowest BCUT2D eigenvalue weighted by Crippen LogP contribution is -2.06. The van der Waals surface area contributed by atoms with Gasteiger partial charge in [0.25, 0.3) is 4.96 Å². The van der Waals surface area contributed by atoms with Crippen LogP contribution in [0.3, 0.4) is 0 Å². The third-order valence-corrected chi connectivity index (χ3v) is 3.96. The Hall–Kier alpha value is -3.01. The van der Waals surface area contributed by atoms with Crippen LogP contribution in [0.5, 0.6) is 0 Å². The molecule has 4 aromatic rings. The molecule has 0 spiro atoms. The van der Waals surface area contributed by atoms with Crippen molar-refractivity contribution < 1.29 is 4.92 Å². The topological polar surface area (TPSA) is 103 Å². The van der Waals surface area contributed by atoms with Crippen LogP contribution in [0.25, 0.3) is 10.6 Å². The molecule has 0 unspecified atom stereocenters. The SMILES string of the molecule is O=[N+]([O-])c1c(NCc2nnc3ccccn23)nc2sccn12. The summed E-state index contributed by atoms with van der Waals surface area (Å²) in [5.41, 5.74) is 0.722. The second kappa shape index (κ2) is 4.77. The van der Waals surface area contributed by atoms with Crippen molar-refractivity contribution in [3.63, 3.8) is 0 Å². The lowest BCUT2D eigenvalue weighted by molar-refractivity contribution is -0.389. The Labute approximate surface area is 127 Å². The van der Waals surface area contributed by atoms with Crippen molar-refractivity contribution in [2.24, 2.45) is 0 Å². The number of hydrogen-bond acceptors (Lipinski definition) is 7. The molecular formula is C12H9N7O2S. The molecule has 1 N–H and O–H groups in total. The molecule has 0 aliphatic heterocycles. The average Bonchev–Trinajstić information content (AvgIpc) is 3.18. The van der Waals surface area contributed by atoms with Gasteiger partial charge in [-0.2, -0.15) is 9.38 Å². The zero-order chi connectivity index (χ0) is 15.1. The molecule has 0 bridgehead atoms. The Morgan fingerprint density at radius 2 is 2.18 bits per heavy atom. The fourth-order valence-electron chi connectivity index (χ4n) is 2.24. The van der Waals surface area contributed by atoms with E-state index in [9.17, 15) is 10.1 Å². The highest BCUT2D eigenvalue weighted by Crippen LogP contribution is 2.28. The molecule has 110 valence electrons. The summed E-state index contributed by atoms with van der Waals surface area (Å²) < 4.78 is 3.27. The van der Waals surface area contributed by atoms with Gasteiger partial charge in [-0.25, -0.2) is 0 Å². The lowest BCUT2D eigenvalue weighted by Gasteiger charge is -2.02. The Morgan fingerprint density at radius 3 is 3.05 bits per heavy atom. The lowest BCUT2D eigenvalue weighted by atomic mass is 10.4. The van der Waals surface area contributed by atoms with E-state index in [4.69, 9.17) is 0 Å². The van der Waals surface area contributed by atoms with Gasteiger partial charge in [-0.05, 0) is 17.1 Å². The highest BCUT2D eigenvalue weighted by atomic mass is 32.1. The van der Waals surface area contributed by atoms with E-state index in [-0.39, 0.29) is 18.2 Å². The largest absolute Gasteiger partial charge is 0.372 e. The number of imidazole rings is 1. The number of nitro groups is 1. The van der Waals surface area contributed by atoms with Crippen molar-refractivity contribution in [2.75, 3.05) is 5.32 Å². The maximum Gasteiger partial charge on any atom is 0.372 e. The molecule has 10 heteroatoms. The Bertz CT molecular complexity index is 986. The molecule has 0 fully saturated rings. The fourth-order valence-corrected chi connectivity index (χ4v) is 2.95. The van der Waals surface area contributed by atoms with Crippen LogP contribution >= 0.6 is 11.3 Å². The van der Waals surface area contributed by atoms with Gasteiger partial charge < -0.3 is 15.4 Å². The molecule has 9 nitrogen and oxygen atoms in total. The van der Waals surface area contributed by atoms with Crippen molar-refractivity contribution >= 4 is 33.6 Å². The van der Waals surface area contributed by atoms with Crippen LogP contribution in [0.1, 0.15) is 5.82 Å². The number of thiazole rings is 1. The number of rotatable bonds is 4. The van der Waals surface area contributed by atoms with Crippen molar-refractivity contribution in [1.82, 2.24) is 24.0 Å². The van der Waals surface area contributed by atoms with Crippen LogP contribution in [0.4, 0.5) is 11.6 Å². The third-order valence-electron chi connectivity index (χ3n) is 3.21. The predicted octanol–water partition coefficient (Wildman–Crippen LogP) is 1.96. The minimum absolute atomic E-state index is 0.0786. The molecule has 4 aromatic heterocycles. The Balaban J connectivity index is 1.68. The van der Waals surface area contributed by atoms with Gasteiger partial charge in [-0.1, -0.05) is 17.4 Å². The van der Waals surface area contributed by atoms with Gasteiger partial charge in [-0.3, -0.25) is 4.40 Å². The summed E-state index contributed by atoms with van der Waals surface area (Å²) >= 11 is 1.34. The highest BCUT2D eigenvalue weighted by Gasteiger charge is 2.23. The van der Waals surface area contributed by atoms with E-state index in [1.165, 1.54) is 15.7 Å². The van der Waals surface area contributed by atoms with Crippen LogP contribution in [0, 0.1) is 10.1 Å². The maximum atomic E-state index is 11.2. The third kappa shape index (κ3) is 1.89. The zero-order valence-electron chi connectivity index (χ0n) is 11.1. The molecule has 0 atom stereocenters. The van der Waals surface area contributed by atoms with E-state index in [1.807, 2.05) is 28.8 Å². The number of nitrogens with one attached hydrogen (secondary N) is 1. The average molecular weight is 315 g/mol. The van der Waals surface area contributed by atoms with Crippen molar-refractivity contribution in [3.8, 4) is 0 Å². The van der Waals surface area contributed by atoms with E-state index in [2.05, 4.69) is 20.5 Å². The van der Waals surface area contributed by atoms with E-state index in [0.29, 0.717) is 10.8 Å². The molecule has 0 aliphatic rings. The number of nitrogens with zero attached hydrogens (tertiary/aromatic N) is 6. The predicted molar refractivity (Wildman–Crippen MR) is 80.0 cm³/mol. The monoisotopic (exact) mass is 315 g/mol. The first-order valence-corrected chi connectivity index (χ1v) is 7.24. The number of aromatic nitrogens is 5. The molecule has 0 amide bonds. The van der Waals surface area contributed by atoms with Crippen molar-refractivity contribution in [1.29, 1.82) is 0 Å². The summed E-state index contributed by atoms with van der Waals surface area (Å²) in [7, 11) is 0. The number of anilines is 1. The summed E-state index contributed by atoms with van der Waals surface area (Å²) in [5.74, 6) is 0.802. The van der Waals surface area contributed by atoms with E-state index >= 15 is 0 Å². The number of fused-ring (bicyclic) bond motifs is 2. The molecule has 0 saturated carbocycles. The van der Waals surface area contributed by atoms with Crippen LogP contribution in [-0.4, -0.2) is 28.9 Å². The Morgan fingerprint density at radius 1 is 1.27 bits per heavy atom. The molecule has 0 saturated heterocycles. The summed E-state index contributed by atoms with van der Waals surface area (Å²) in [4.78, 5) is 15.6. The smallest absolute Gasteiger partial charge is 0.358 e. The first kappa shape index (κ1) is 12.7. The normalized spacial score (nSPS) is 11.3. The molecule has 4 rings (SSSR count). The molecule has 0 radical (unpaired) electrons. The number of hydrogen-bond donors (Lipinski definition) is 1. The second-order valence-corrected chi connectivity index (χ2v) is 5.37. The van der Waals surface area contributed by atoms with Crippen LogP contribution in [0.2, 0.25) is 0 Å². The highest BCUT2D eigenvalue weighted by molar-refractivity contribution is 7.15. The maximum absolute atomic E-state index is 11.2. The standard InChI is InChI=1S/C12H9N7O2S/c20-19(21)11-10(14-12-18(11)5-6-22-12)13-7-9-16-15-8-3-1-2-4-17(8)9/h1-6,13H,7H2. The van der Waals surface area contributed by atoms with Gasteiger partial charge in [-0.15, -0.1) is 10.2 Å². The quantitative estimate of drug-likeness (QED) is 0.456. The zero-order valence-corrected chi connectivity index (χ0v) is 11.9. The van der Waals surface area contributed by atoms with Gasteiger partial charge >= 0.3 is 5.82 Å². The summed E-state index contributed by atoms with van der Waals surface area (Å²) in [6.45, 7) is 0.289. The van der Waals surface area contributed by atoms with Gasteiger partial charge in [0.05, 0.1) is 6.54 Å². The van der Waals surface area contributed by atoms with E-state index in [0.717, 1.165) is 5.65 Å². The van der Waals surface area contributed by atoms with Crippen LogP contribution in [-0.2, 0) is 6.54 Å². The molecule has 0 aliphatic carbocycles. The van der Waals surface area contributed by atoms with Crippen molar-refractivity contribution in [3.05, 3.63) is 51.9 Å². The summed E-state index contributed by atoms with van der Waals surface area (Å²) in [6, 6.07) is 5.58. The number of pyridine rings is 1. The Kier molecular flexibility index (Phi) is 2.76. The fraction of sp³-hybridized carbons (Fsp3) is 0.0833. The first-order valence-electron chi connectivity index (χ1n) is 6.36. The van der Waals surface area contributed by atoms with Crippen molar-refractivity contribution in [2.45, 2.75) is 6.54 Å². The second-order valence-electron chi connectivity index (χ2n) is 4.50. The minimum atomic E-state index is -0.447. The van der Waals surface area contributed by atoms with Gasteiger partial charge in [0.2, 0.25) is 5.82 Å². The van der Waals surface area contributed by atoms with Gasteiger partial charge in [0.15, 0.2) is 11.5 Å². The molecular weight excluding hydrogens is 306 g/mol. The molecule has 22 heavy (non-hydrogen) atoms. The van der Waals surface area contributed by atoms with Gasteiger partial charge in [0.1, 0.15) is 6.20 Å². The molecule has 4 heterocycles. The summed E-state index contributed by atoms with van der Waals surface area (Å²) in [6.07, 6.45) is 3.47.